The molecule has 0 bridgehead atoms. The standard InChI is InChI=1S/C13H14ClNO/c14-9-6-4-8(5-7-9)12-10-2-1-3-11(10)15-13(12)16/h4-7,10-12H,1-3H2,(H,15,16). The van der Waals surface area contributed by atoms with E-state index in [0.29, 0.717) is 12.0 Å². The van der Waals surface area contributed by atoms with E-state index in [4.69, 9.17) is 11.6 Å². The van der Waals surface area contributed by atoms with Crippen molar-refractivity contribution < 1.29 is 4.79 Å². The Labute approximate surface area is 100.0 Å². The summed E-state index contributed by atoms with van der Waals surface area (Å²) in [6.45, 7) is 0. The normalized spacial score (nSPS) is 32.6. The van der Waals surface area contributed by atoms with Gasteiger partial charge in [-0.05, 0) is 36.5 Å². The molecule has 1 aliphatic heterocycles. The third-order valence-electron chi connectivity index (χ3n) is 3.84. The molecule has 3 rings (SSSR count). The van der Waals surface area contributed by atoms with Gasteiger partial charge in [0.15, 0.2) is 0 Å². The molecule has 1 aliphatic carbocycles. The molecular formula is C13H14ClNO. The Hall–Kier alpha value is -1.02. The van der Waals surface area contributed by atoms with Crippen LogP contribution in [0.5, 0.6) is 0 Å². The van der Waals surface area contributed by atoms with Crippen molar-refractivity contribution in [2.75, 3.05) is 0 Å². The fourth-order valence-electron chi connectivity index (χ4n) is 3.10. The molecule has 1 saturated carbocycles. The van der Waals surface area contributed by atoms with Gasteiger partial charge >= 0.3 is 0 Å². The number of carbonyl (C=O) groups excluding carboxylic acids is 1. The molecule has 16 heavy (non-hydrogen) atoms. The summed E-state index contributed by atoms with van der Waals surface area (Å²) in [7, 11) is 0. The van der Waals surface area contributed by atoms with Crippen LogP contribution in [0.4, 0.5) is 0 Å². The molecule has 3 unspecified atom stereocenters. The van der Waals surface area contributed by atoms with Gasteiger partial charge in [0.05, 0.1) is 5.92 Å². The fourth-order valence-corrected chi connectivity index (χ4v) is 3.23. The highest BCUT2D eigenvalue weighted by molar-refractivity contribution is 6.30. The maximum absolute atomic E-state index is 11.9. The van der Waals surface area contributed by atoms with Gasteiger partial charge in [0.25, 0.3) is 0 Å². The monoisotopic (exact) mass is 235 g/mol. The zero-order valence-corrected chi connectivity index (χ0v) is 9.70. The van der Waals surface area contributed by atoms with Crippen molar-refractivity contribution in [1.29, 1.82) is 0 Å². The van der Waals surface area contributed by atoms with Gasteiger partial charge in [0.2, 0.25) is 5.91 Å². The van der Waals surface area contributed by atoms with Crippen molar-refractivity contribution in [3.05, 3.63) is 34.9 Å². The summed E-state index contributed by atoms with van der Waals surface area (Å²) in [5, 5.41) is 3.83. The number of nitrogens with one attached hydrogen (secondary N) is 1. The number of hydrogen-bond donors (Lipinski definition) is 1. The number of hydrogen-bond acceptors (Lipinski definition) is 1. The van der Waals surface area contributed by atoms with Crippen LogP contribution in [0, 0.1) is 5.92 Å². The maximum atomic E-state index is 11.9. The Morgan fingerprint density at radius 3 is 2.69 bits per heavy atom. The second-order valence-electron chi connectivity index (χ2n) is 4.74. The average Bonchev–Trinajstić information content (AvgIpc) is 2.79. The first-order valence-electron chi connectivity index (χ1n) is 5.81. The molecule has 84 valence electrons. The molecule has 1 saturated heterocycles. The van der Waals surface area contributed by atoms with E-state index in [1.165, 1.54) is 6.42 Å². The van der Waals surface area contributed by atoms with Gasteiger partial charge in [0, 0.05) is 11.1 Å². The van der Waals surface area contributed by atoms with Crippen LogP contribution in [0.2, 0.25) is 5.02 Å². The molecule has 0 radical (unpaired) electrons. The van der Waals surface area contributed by atoms with E-state index in [-0.39, 0.29) is 11.8 Å². The van der Waals surface area contributed by atoms with Gasteiger partial charge in [0.1, 0.15) is 0 Å². The topological polar surface area (TPSA) is 29.1 Å². The van der Waals surface area contributed by atoms with E-state index < -0.39 is 0 Å². The van der Waals surface area contributed by atoms with Crippen LogP contribution in [0.3, 0.4) is 0 Å². The fraction of sp³-hybridized carbons (Fsp3) is 0.462. The molecule has 2 nitrogen and oxygen atoms in total. The Balaban J connectivity index is 1.93. The minimum absolute atomic E-state index is 0.0461. The molecule has 1 aromatic rings. The van der Waals surface area contributed by atoms with Gasteiger partial charge in [-0.25, -0.2) is 0 Å². The second kappa shape index (κ2) is 3.77. The highest BCUT2D eigenvalue weighted by Gasteiger charge is 2.45. The first-order valence-corrected chi connectivity index (χ1v) is 6.19. The molecule has 3 heteroatoms. The molecule has 3 atom stereocenters. The largest absolute Gasteiger partial charge is 0.353 e. The van der Waals surface area contributed by atoms with Crippen molar-refractivity contribution in [2.45, 2.75) is 31.2 Å². The lowest BCUT2D eigenvalue weighted by Gasteiger charge is -2.15. The molecule has 2 fully saturated rings. The number of halogens is 1. The third-order valence-corrected chi connectivity index (χ3v) is 4.09. The van der Waals surface area contributed by atoms with Gasteiger partial charge in [-0.15, -0.1) is 0 Å². The van der Waals surface area contributed by atoms with Gasteiger partial charge in [-0.3, -0.25) is 4.79 Å². The minimum atomic E-state index is 0.0461. The van der Waals surface area contributed by atoms with Crippen LogP contribution in [-0.4, -0.2) is 11.9 Å². The molecular weight excluding hydrogens is 222 g/mol. The molecule has 0 spiro atoms. The highest BCUT2D eigenvalue weighted by atomic mass is 35.5. The lowest BCUT2D eigenvalue weighted by molar-refractivity contribution is -0.121. The van der Waals surface area contributed by atoms with Gasteiger partial charge in [-0.2, -0.15) is 0 Å². The van der Waals surface area contributed by atoms with Crippen LogP contribution >= 0.6 is 11.6 Å². The van der Waals surface area contributed by atoms with Gasteiger partial charge in [-0.1, -0.05) is 30.2 Å². The zero-order chi connectivity index (χ0) is 11.1. The Morgan fingerprint density at radius 2 is 1.94 bits per heavy atom. The molecule has 1 heterocycles. The average molecular weight is 236 g/mol. The summed E-state index contributed by atoms with van der Waals surface area (Å²) >= 11 is 5.87. The number of rotatable bonds is 1. The van der Waals surface area contributed by atoms with Crippen molar-refractivity contribution in [3.8, 4) is 0 Å². The van der Waals surface area contributed by atoms with Crippen LogP contribution < -0.4 is 5.32 Å². The summed E-state index contributed by atoms with van der Waals surface area (Å²) in [4.78, 5) is 11.9. The first-order chi connectivity index (χ1) is 7.75. The maximum Gasteiger partial charge on any atom is 0.228 e. The molecule has 2 aliphatic rings. The molecule has 1 aromatic carbocycles. The first kappa shape index (κ1) is 10.2. The van der Waals surface area contributed by atoms with E-state index in [1.54, 1.807) is 0 Å². The lowest BCUT2D eigenvalue weighted by atomic mass is 9.86. The van der Waals surface area contributed by atoms with E-state index in [1.807, 2.05) is 24.3 Å². The lowest BCUT2D eigenvalue weighted by Crippen LogP contribution is -2.25. The summed E-state index contributed by atoms with van der Waals surface area (Å²) in [6.07, 6.45) is 3.54. The Kier molecular flexibility index (Phi) is 2.40. The van der Waals surface area contributed by atoms with E-state index in [2.05, 4.69) is 5.32 Å². The van der Waals surface area contributed by atoms with E-state index in [0.717, 1.165) is 23.4 Å². The number of amides is 1. The Bertz CT molecular complexity index is 414. The van der Waals surface area contributed by atoms with Crippen LogP contribution in [0.25, 0.3) is 0 Å². The van der Waals surface area contributed by atoms with Gasteiger partial charge < -0.3 is 5.32 Å². The van der Waals surface area contributed by atoms with Crippen LogP contribution in [0.15, 0.2) is 24.3 Å². The van der Waals surface area contributed by atoms with Crippen molar-refractivity contribution >= 4 is 17.5 Å². The summed E-state index contributed by atoms with van der Waals surface area (Å²) in [5.41, 5.74) is 1.11. The SMILES string of the molecule is O=C1NC2CCCC2C1c1ccc(Cl)cc1. The summed E-state index contributed by atoms with van der Waals surface area (Å²) < 4.78 is 0. The molecule has 0 aromatic heterocycles. The van der Waals surface area contributed by atoms with Crippen molar-refractivity contribution in [1.82, 2.24) is 5.32 Å². The summed E-state index contributed by atoms with van der Waals surface area (Å²) in [5.74, 6) is 0.732. The minimum Gasteiger partial charge on any atom is -0.353 e. The Morgan fingerprint density at radius 1 is 1.19 bits per heavy atom. The number of carbonyl (C=O) groups is 1. The van der Waals surface area contributed by atoms with Crippen LogP contribution in [0.1, 0.15) is 30.7 Å². The van der Waals surface area contributed by atoms with E-state index >= 15 is 0 Å². The zero-order valence-electron chi connectivity index (χ0n) is 8.95. The van der Waals surface area contributed by atoms with Crippen LogP contribution in [-0.2, 0) is 4.79 Å². The third kappa shape index (κ3) is 1.52. The number of benzene rings is 1. The summed E-state index contributed by atoms with van der Waals surface area (Å²) in [6, 6.07) is 8.10. The quantitative estimate of drug-likeness (QED) is 0.797. The predicted molar refractivity (Wildman–Crippen MR) is 63.5 cm³/mol. The predicted octanol–water partition coefficient (Wildman–Crippen LogP) is 2.72. The number of fused-ring (bicyclic) bond motifs is 1. The smallest absolute Gasteiger partial charge is 0.228 e. The highest BCUT2D eigenvalue weighted by Crippen LogP contribution is 2.42. The second-order valence-corrected chi connectivity index (χ2v) is 5.18. The molecule has 1 N–H and O–H groups in total. The van der Waals surface area contributed by atoms with Crippen molar-refractivity contribution in [3.63, 3.8) is 0 Å². The van der Waals surface area contributed by atoms with E-state index in [9.17, 15) is 4.79 Å². The van der Waals surface area contributed by atoms with Crippen molar-refractivity contribution in [2.24, 2.45) is 5.92 Å². The molecule has 1 amide bonds.